The first-order valence-corrected chi connectivity index (χ1v) is 9.43. The van der Waals surface area contributed by atoms with Crippen molar-refractivity contribution >= 4 is 33.1 Å². The van der Waals surface area contributed by atoms with Crippen LogP contribution in [0.25, 0.3) is 0 Å². The number of rotatable bonds is 5. The number of hydrogen-bond donors (Lipinski definition) is 2. The van der Waals surface area contributed by atoms with Crippen LogP contribution >= 0.6 is 23.1 Å². The van der Waals surface area contributed by atoms with Crippen LogP contribution in [0.4, 0.5) is 0 Å². The highest BCUT2D eigenvalue weighted by Crippen LogP contribution is 2.24. The van der Waals surface area contributed by atoms with Gasteiger partial charge >= 0.3 is 0 Å². The molecule has 0 atom stereocenters. The van der Waals surface area contributed by atoms with Gasteiger partial charge in [0.05, 0.1) is 0 Å². The van der Waals surface area contributed by atoms with Gasteiger partial charge in [0.2, 0.25) is 10.0 Å². The molecule has 1 saturated heterocycles. The van der Waals surface area contributed by atoms with Crippen molar-refractivity contribution in [3.05, 3.63) is 17.0 Å². The maximum atomic E-state index is 12.1. The Balaban J connectivity index is 1.94. The van der Waals surface area contributed by atoms with Crippen molar-refractivity contribution in [2.24, 2.45) is 11.7 Å². The molecule has 1 fully saturated rings. The van der Waals surface area contributed by atoms with Crippen LogP contribution in [0.15, 0.2) is 16.3 Å². The molecule has 7 heteroatoms. The molecule has 3 N–H and O–H groups in total. The Bertz CT molecular complexity index is 478. The lowest BCUT2D eigenvalue weighted by atomic mass is 10.0. The van der Waals surface area contributed by atoms with Crippen molar-refractivity contribution in [2.75, 3.05) is 18.1 Å². The van der Waals surface area contributed by atoms with E-state index in [0.29, 0.717) is 23.2 Å². The Kier molecular flexibility index (Phi) is 5.08. The molecule has 0 aliphatic carbocycles. The van der Waals surface area contributed by atoms with Crippen LogP contribution in [0.1, 0.15) is 17.7 Å². The molecule has 4 nitrogen and oxygen atoms in total. The first-order valence-electron chi connectivity index (χ1n) is 5.98. The molecule has 1 aromatic heterocycles. The lowest BCUT2D eigenvalue weighted by molar-refractivity contribution is 0.477. The van der Waals surface area contributed by atoms with Crippen LogP contribution in [0.2, 0.25) is 0 Å². The van der Waals surface area contributed by atoms with Crippen LogP contribution in [0.5, 0.6) is 0 Å². The molecule has 0 amide bonds. The maximum absolute atomic E-state index is 12.1. The molecule has 0 spiro atoms. The smallest absolute Gasteiger partial charge is 0.250 e. The van der Waals surface area contributed by atoms with E-state index in [0.717, 1.165) is 29.2 Å². The predicted molar refractivity (Wildman–Crippen MR) is 77.4 cm³/mol. The number of thiophene rings is 1. The summed E-state index contributed by atoms with van der Waals surface area (Å²) >= 11 is 3.19. The minimum Gasteiger partial charge on any atom is -0.326 e. The lowest BCUT2D eigenvalue weighted by Crippen LogP contribution is -2.30. The zero-order valence-corrected chi connectivity index (χ0v) is 12.5. The summed E-state index contributed by atoms with van der Waals surface area (Å²) in [6.45, 7) is 0.943. The van der Waals surface area contributed by atoms with Gasteiger partial charge in [0, 0.05) is 18.0 Å². The number of nitrogens with two attached hydrogens (primary N) is 1. The molecule has 18 heavy (non-hydrogen) atoms. The second-order valence-electron chi connectivity index (χ2n) is 4.33. The number of nitrogens with one attached hydrogen (secondary N) is 1. The molecular formula is C11H18N2O2S3. The van der Waals surface area contributed by atoms with Crippen molar-refractivity contribution in [3.8, 4) is 0 Å². The summed E-state index contributed by atoms with van der Waals surface area (Å²) in [7, 11) is -3.34. The lowest BCUT2D eigenvalue weighted by Gasteiger charge is -2.21. The molecule has 0 bridgehead atoms. The molecular weight excluding hydrogens is 288 g/mol. The normalized spacial score (nSPS) is 18.1. The second kappa shape index (κ2) is 6.38. The highest BCUT2D eigenvalue weighted by Gasteiger charge is 2.20. The first kappa shape index (κ1) is 14.3. The zero-order valence-electron chi connectivity index (χ0n) is 10.1. The quantitative estimate of drug-likeness (QED) is 0.867. The van der Waals surface area contributed by atoms with E-state index in [2.05, 4.69) is 4.72 Å². The summed E-state index contributed by atoms with van der Waals surface area (Å²) in [6, 6.07) is 3.41. The summed E-state index contributed by atoms with van der Waals surface area (Å²) in [5.41, 5.74) is 5.49. The van der Waals surface area contributed by atoms with Gasteiger partial charge in [-0.3, -0.25) is 0 Å². The first-order chi connectivity index (χ1) is 8.62. The highest BCUT2D eigenvalue weighted by molar-refractivity contribution is 7.99. The maximum Gasteiger partial charge on any atom is 0.250 e. The third kappa shape index (κ3) is 3.71. The Morgan fingerprint density at radius 1 is 1.33 bits per heavy atom. The van der Waals surface area contributed by atoms with Crippen LogP contribution in [-0.4, -0.2) is 26.5 Å². The van der Waals surface area contributed by atoms with E-state index in [4.69, 9.17) is 5.73 Å². The summed E-state index contributed by atoms with van der Waals surface area (Å²) in [6.07, 6.45) is 2.21. The fourth-order valence-electron chi connectivity index (χ4n) is 1.86. The van der Waals surface area contributed by atoms with Gasteiger partial charge in [0.15, 0.2) is 0 Å². The fraction of sp³-hybridized carbons (Fsp3) is 0.636. The summed E-state index contributed by atoms with van der Waals surface area (Å²) in [5.74, 6) is 2.76. The van der Waals surface area contributed by atoms with Crippen LogP contribution in [0, 0.1) is 5.92 Å². The van der Waals surface area contributed by atoms with E-state index in [9.17, 15) is 8.42 Å². The average Bonchev–Trinajstić information content (AvgIpc) is 2.87. The van der Waals surface area contributed by atoms with Crippen molar-refractivity contribution in [1.29, 1.82) is 0 Å². The third-order valence-corrected chi connectivity index (χ3v) is 7.08. The van der Waals surface area contributed by atoms with Crippen molar-refractivity contribution in [2.45, 2.75) is 23.6 Å². The van der Waals surface area contributed by atoms with E-state index in [1.807, 2.05) is 11.8 Å². The summed E-state index contributed by atoms with van der Waals surface area (Å²) in [4.78, 5) is 0.893. The van der Waals surface area contributed by atoms with Gasteiger partial charge in [-0.25, -0.2) is 13.1 Å². The Hall–Kier alpha value is -0.0800. The molecule has 102 valence electrons. The minimum absolute atomic E-state index is 0.369. The molecule has 0 saturated carbocycles. The molecule has 1 aliphatic rings. The van der Waals surface area contributed by atoms with Gasteiger partial charge in [0.1, 0.15) is 4.21 Å². The summed E-state index contributed by atoms with van der Waals surface area (Å²) < 4.78 is 27.2. The van der Waals surface area contributed by atoms with E-state index in [-0.39, 0.29) is 0 Å². The fourth-order valence-corrected chi connectivity index (χ4v) is 5.46. The highest BCUT2D eigenvalue weighted by atomic mass is 32.2. The monoisotopic (exact) mass is 306 g/mol. The molecule has 0 radical (unpaired) electrons. The Morgan fingerprint density at radius 3 is 2.67 bits per heavy atom. The van der Waals surface area contributed by atoms with E-state index in [1.165, 1.54) is 11.3 Å². The van der Waals surface area contributed by atoms with E-state index >= 15 is 0 Å². The molecule has 1 aliphatic heterocycles. The molecule has 0 aromatic carbocycles. The largest absolute Gasteiger partial charge is 0.326 e. The number of thioether (sulfide) groups is 1. The SMILES string of the molecule is NCc1ccc(S(=O)(=O)NCC2CCSCC2)s1. The standard InChI is InChI=1S/C11H18N2O2S3/c12-7-10-1-2-11(17-10)18(14,15)13-8-9-3-5-16-6-4-9/h1-2,9,13H,3-8,12H2. The molecule has 0 unspecified atom stereocenters. The van der Waals surface area contributed by atoms with Crippen LogP contribution in [0.3, 0.4) is 0 Å². The van der Waals surface area contributed by atoms with Gasteiger partial charge in [-0.15, -0.1) is 11.3 Å². The van der Waals surface area contributed by atoms with Crippen LogP contribution in [-0.2, 0) is 16.6 Å². The van der Waals surface area contributed by atoms with Crippen LogP contribution < -0.4 is 10.5 Å². The van der Waals surface area contributed by atoms with Gasteiger partial charge in [-0.05, 0) is 42.4 Å². The predicted octanol–water partition coefficient (Wildman–Crippen LogP) is 1.63. The van der Waals surface area contributed by atoms with Crippen molar-refractivity contribution in [3.63, 3.8) is 0 Å². The van der Waals surface area contributed by atoms with Gasteiger partial charge in [-0.2, -0.15) is 11.8 Å². The minimum atomic E-state index is -3.34. The molecule has 1 aromatic rings. The van der Waals surface area contributed by atoms with Crippen molar-refractivity contribution < 1.29 is 8.42 Å². The number of sulfonamides is 1. The topological polar surface area (TPSA) is 72.2 Å². The molecule has 2 heterocycles. The Labute approximate surface area is 116 Å². The third-order valence-electron chi connectivity index (χ3n) is 3.01. The molecule has 2 rings (SSSR count). The second-order valence-corrected chi connectivity index (χ2v) is 8.72. The van der Waals surface area contributed by atoms with E-state index in [1.54, 1.807) is 12.1 Å². The van der Waals surface area contributed by atoms with Gasteiger partial charge in [-0.1, -0.05) is 0 Å². The average molecular weight is 306 g/mol. The van der Waals surface area contributed by atoms with Gasteiger partial charge in [0.25, 0.3) is 0 Å². The number of hydrogen-bond acceptors (Lipinski definition) is 5. The Morgan fingerprint density at radius 2 is 2.06 bits per heavy atom. The zero-order chi connectivity index (χ0) is 13.0. The van der Waals surface area contributed by atoms with Gasteiger partial charge < -0.3 is 5.73 Å². The van der Waals surface area contributed by atoms with Crippen molar-refractivity contribution in [1.82, 2.24) is 4.72 Å². The summed E-state index contributed by atoms with van der Waals surface area (Å²) in [5, 5.41) is 0. The van der Waals surface area contributed by atoms with E-state index < -0.39 is 10.0 Å².